The molecule has 2 unspecified atom stereocenters. The lowest BCUT2D eigenvalue weighted by Crippen LogP contribution is -2.54. The summed E-state index contributed by atoms with van der Waals surface area (Å²) >= 11 is 0. The average molecular weight is 381 g/mol. The highest BCUT2D eigenvalue weighted by Crippen LogP contribution is 2.23. The van der Waals surface area contributed by atoms with Crippen molar-refractivity contribution in [1.82, 2.24) is 10.2 Å². The molecule has 0 aromatic heterocycles. The van der Waals surface area contributed by atoms with Gasteiger partial charge in [-0.25, -0.2) is 4.79 Å². The van der Waals surface area contributed by atoms with Gasteiger partial charge in [-0.15, -0.1) is 0 Å². The summed E-state index contributed by atoms with van der Waals surface area (Å²) in [6, 6.07) is 18.1. The number of ether oxygens (including phenoxy) is 1. The summed E-state index contributed by atoms with van der Waals surface area (Å²) < 4.78 is 5.85. The summed E-state index contributed by atoms with van der Waals surface area (Å²) in [7, 11) is 0. The van der Waals surface area contributed by atoms with Crippen LogP contribution in [0.15, 0.2) is 60.7 Å². The molecule has 2 atom stereocenters. The Balaban J connectivity index is 1.64. The Morgan fingerprint density at radius 2 is 1.68 bits per heavy atom. The van der Waals surface area contributed by atoms with Crippen LogP contribution in [0.5, 0.6) is 0 Å². The summed E-state index contributed by atoms with van der Waals surface area (Å²) in [5.41, 5.74) is 1.74. The number of nitrogens with one attached hydrogen (secondary N) is 2. The first-order valence-electron chi connectivity index (χ1n) is 9.62. The molecule has 6 nitrogen and oxygen atoms in total. The molecule has 0 aliphatic carbocycles. The van der Waals surface area contributed by atoms with Crippen LogP contribution < -0.4 is 10.6 Å². The van der Waals surface area contributed by atoms with E-state index in [0.29, 0.717) is 25.4 Å². The van der Waals surface area contributed by atoms with Gasteiger partial charge in [-0.1, -0.05) is 62.4 Å². The van der Waals surface area contributed by atoms with Gasteiger partial charge in [0.2, 0.25) is 5.91 Å². The van der Waals surface area contributed by atoms with Crippen LogP contribution in [0.3, 0.4) is 0 Å². The first-order chi connectivity index (χ1) is 13.5. The Kier molecular flexibility index (Phi) is 6.66. The van der Waals surface area contributed by atoms with Crippen molar-refractivity contribution in [2.24, 2.45) is 5.92 Å². The zero-order valence-corrected chi connectivity index (χ0v) is 16.3. The Hall–Kier alpha value is -2.86. The quantitative estimate of drug-likeness (QED) is 0.834. The molecule has 0 saturated carbocycles. The fraction of sp³-hybridized carbons (Fsp3) is 0.364. The first kappa shape index (κ1) is 19.9. The predicted molar refractivity (Wildman–Crippen MR) is 109 cm³/mol. The molecule has 0 spiro atoms. The van der Waals surface area contributed by atoms with Crippen LogP contribution in [0, 0.1) is 5.92 Å². The maximum absolute atomic E-state index is 13.1. The monoisotopic (exact) mass is 381 g/mol. The molecule has 2 aromatic rings. The lowest BCUT2D eigenvalue weighted by atomic mass is 10.0. The fourth-order valence-electron chi connectivity index (χ4n) is 3.26. The number of rotatable bonds is 5. The van der Waals surface area contributed by atoms with Gasteiger partial charge in [0, 0.05) is 12.2 Å². The Morgan fingerprint density at radius 3 is 2.32 bits per heavy atom. The van der Waals surface area contributed by atoms with E-state index in [1.165, 1.54) is 0 Å². The third kappa shape index (κ3) is 5.10. The highest BCUT2D eigenvalue weighted by atomic mass is 16.5. The lowest BCUT2D eigenvalue weighted by molar-refractivity contribution is -0.142. The Labute approximate surface area is 165 Å². The van der Waals surface area contributed by atoms with E-state index in [-0.39, 0.29) is 24.0 Å². The summed E-state index contributed by atoms with van der Waals surface area (Å²) in [6.07, 6.45) is -0.148. The molecule has 1 aliphatic heterocycles. The number of hydrogen-bond acceptors (Lipinski definition) is 3. The van der Waals surface area contributed by atoms with Gasteiger partial charge in [0.05, 0.1) is 13.2 Å². The second-order valence-electron chi connectivity index (χ2n) is 7.24. The third-order valence-electron chi connectivity index (χ3n) is 4.80. The minimum atomic E-state index is -0.599. The largest absolute Gasteiger partial charge is 0.370 e. The lowest BCUT2D eigenvalue weighted by Gasteiger charge is -2.36. The molecule has 0 radical (unpaired) electrons. The van der Waals surface area contributed by atoms with Crippen molar-refractivity contribution < 1.29 is 14.3 Å². The molecular weight excluding hydrogens is 354 g/mol. The van der Waals surface area contributed by atoms with E-state index in [9.17, 15) is 9.59 Å². The first-order valence-corrected chi connectivity index (χ1v) is 9.62. The van der Waals surface area contributed by atoms with Crippen LogP contribution in [-0.2, 0) is 9.53 Å². The van der Waals surface area contributed by atoms with Crippen molar-refractivity contribution in [2.45, 2.75) is 26.0 Å². The third-order valence-corrected chi connectivity index (χ3v) is 4.80. The molecule has 1 saturated heterocycles. The molecule has 3 amide bonds. The SMILES string of the molecule is CC(C)C(NC(=O)Nc1ccccc1)C(=O)N1CCOC(c2ccccc2)C1. The van der Waals surface area contributed by atoms with E-state index in [4.69, 9.17) is 4.74 Å². The minimum Gasteiger partial charge on any atom is -0.370 e. The second kappa shape index (κ2) is 9.37. The van der Waals surface area contributed by atoms with Crippen LogP contribution in [0.2, 0.25) is 0 Å². The van der Waals surface area contributed by atoms with Crippen molar-refractivity contribution in [3.63, 3.8) is 0 Å². The number of anilines is 1. The Morgan fingerprint density at radius 1 is 1.04 bits per heavy atom. The van der Waals surface area contributed by atoms with Crippen molar-refractivity contribution in [2.75, 3.05) is 25.0 Å². The number of benzene rings is 2. The number of morpholine rings is 1. The zero-order chi connectivity index (χ0) is 19.9. The minimum absolute atomic E-state index is 0.0351. The standard InChI is InChI=1S/C22H27N3O3/c1-16(2)20(24-22(27)23-18-11-7-4-8-12-18)21(26)25-13-14-28-19(15-25)17-9-5-3-6-10-17/h3-12,16,19-20H,13-15H2,1-2H3,(H2,23,24,27). The number of carbonyl (C=O) groups excluding carboxylic acids is 2. The van der Waals surface area contributed by atoms with Crippen molar-refractivity contribution in [1.29, 1.82) is 0 Å². The normalized spacial score (nSPS) is 17.8. The highest BCUT2D eigenvalue weighted by molar-refractivity contribution is 5.93. The van der Waals surface area contributed by atoms with E-state index in [1.807, 2.05) is 62.4 Å². The van der Waals surface area contributed by atoms with Gasteiger partial charge >= 0.3 is 6.03 Å². The van der Waals surface area contributed by atoms with Crippen molar-refractivity contribution >= 4 is 17.6 Å². The zero-order valence-electron chi connectivity index (χ0n) is 16.3. The molecule has 2 N–H and O–H groups in total. The van der Waals surface area contributed by atoms with E-state index >= 15 is 0 Å². The molecule has 148 valence electrons. The van der Waals surface area contributed by atoms with Gasteiger partial charge < -0.3 is 20.3 Å². The molecule has 28 heavy (non-hydrogen) atoms. The molecule has 1 aliphatic rings. The van der Waals surface area contributed by atoms with E-state index in [1.54, 1.807) is 17.0 Å². The van der Waals surface area contributed by atoms with Gasteiger partial charge in [-0.2, -0.15) is 0 Å². The van der Waals surface area contributed by atoms with Gasteiger partial charge in [-0.3, -0.25) is 4.79 Å². The van der Waals surface area contributed by atoms with Gasteiger partial charge in [-0.05, 0) is 23.6 Å². The number of nitrogens with zero attached hydrogens (tertiary/aromatic N) is 1. The summed E-state index contributed by atoms with van der Waals surface area (Å²) in [4.78, 5) is 27.3. The predicted octanol–water partition coefficient (Wildman–Crippen LogP) is 3.43. The number of carbonyl (C=O) groups is 2. The van der Waals surface area contributed by atoms with Crippen LogP contribution in [0.4, 0.5) is 10.5 Å². The van der Waals surface area contributed by atoms with Crippen molar-refractivity contribution in [3.8, 4) is 0 Å². The second-order valence-corrected chi connectivity index (χ2v) is 7.24. The highest BCUT2D eigenvalue weighted by Gasteiger charge is 2.32. The van der Waals surface area contributed by atoms with Crippen LogP contribution >= 0.6 is 0 Å². The summed E-state index contributed by atoms with van der Waals surface area (Å²) in [5, 5.41) is 5.61. The van der Waals surface area contributed by atoms with Crippen LogP contribution in [0.1, 0.15) is 25.5 Å². The number of hydrogen-bond donors (Lipinski definition) is 2. The molecule has 1 heterocycles. The average Bonchev–Trinajstić information content (AvgIpc) is 2.73. The van der Waals surface area contributed by atoms with Gasteiger partial charge in [0.25, 0.3) is 0 Å². The molecule has 3 rings (SSSR count). The summed E-state index contributed by atoms with van der Waals surface area (Å²) in [5.74, 6) is -0.116. The van der Waals surface area contributed by atoms with Gasteiger partial charge in [0.1, 0.15) is 12.1 Å². The molecular formula is C22H27N3O3. The van der Waals surface area contributed by atoms with E-state index in [0.717, 1.165) is 5.56 Å². The molecule has 2 aromatic carbocycles. The van der Waals surface area contributed by atoms with E-state index in [2.05, 4.69) is 10.6 Å². The van der Waals surface area contributed by atoms with Crippen LogP contribution in [0.25, 0.3) is 0 Å². The van der Waals surface area contributed by atoms with E-state index < -0.39 is 6.04 Å². The fourth-order valence-corrected chi connectivity index (χ4v) is 3.26. The van der Waals surface area contributed by atoms with Gasteiger partial charge in [0.15, 0.2) is 0 Å². The van der Waals surface area contributed by atoms with Crippen LogP contribution in [-0.4, -0.2) is 42.6 Å². The van der Waals surface area contributed by atoms with Crippen molar-refractivity contribution in [3.05, 3.63) is 66.2 Å². The number of para-hydroxylation sites is 1. The molecule has 6 heteroatoms. The maximum Gasteiger partial charge on any atom is 0.319 e. The smallest absolute Gasteiger partial charge is 0.319 e. The number of amides is 3. The molecule has 1 fully saturated rings. The topological polar surface area (TPSA) is 70.7 Å². The molecule has 0 bridgehead atoms. The Bertz CT molecular complexity index is 780. The summed E-state index contributed by atoms with van der Waals surface area (Å²) in [6.45, 7) is 5.34. The maximum atomic E-state index is 13.1. The number of urea groups is 1.